The lowest BCUT2D eigenvalue weighted by atomic mass is 10.0. The third-order valence-electron chi connectivity index (χ3n) is 4.37. The Morgan fingerprint density at radius 3 is 2.70 bits per heavy atom. The molecule has 1 aromatic rings. The van der Waals surface area contributed by atoms with E-state index in [0.29, 0.717) is 10.5 Å². The Morgan fingerprint density at radius 2 is 2.13 bits per heavy atom. The summed E-state index contributed by atoms with van der Waals surface area (Å²) in [7, 11) is 0. The van der Waals surface area contributed by atoms with Gasteiger partial charge >= 0.3 is 18.0 Å². The molecule has 13 heteroatoms. The molecule has 5 N–H and O–H groups in total. The van der Waals surface area contributed by atoms with E-state index in [-0.39, 0.29) is 18.1 Å². The maximum absolute atomic E-state index is 12.7. The van der Waals surface area contributed by atoms with Gasteiger partial charge in [0, 0.05) is 23.1 Å². The smallest absolute Gasteiger partial charge is 0.352 e. The van der Waals surface area contributed by atoms with Crippen molar-refractivity contribution >= 4 is 52.9 Å². The van der Waals surface area contributed by atoms with Gasteiger partial charge in [-0.2, -0.15) is 0 Å². The average molecular weight is 454 g/mol. The van der Waals surface area contributed by atoms with E-state index in [1.807, 2.05) is 0 Å². The number of nitrogens with two attached hydrogens (primary N) is 1. The number of β-lactam (4-membered cyclic amide) rings is 1. The molecular formula is C17H18N4O7S2. The molecule has 4 amide bonds. The van der Waals surface area contributed by atoms with Crippen molar-refractivity contribution in [1.29, 1.82) is 0 Å². The summed E-state index contributed by atoms with van der Waals surface area (Å²) in [4.78, 5) is 61.0. The van der Waals surface area contributed by atoms with Gasteiger partial charge in [-0.3, -0.25) is 19.3 Å². The number of nitrogens with zero attached hydrogens (tertiary/aromatic N) is 1. The predicted octanol–water partition coefficient (Wildman–Crippen LogP) is -0.241. The molecular weight excluding hydrogens is 436 g/mol. The van der Waals surface area contributed by atoms with Crippen molar-refractivity contribution in [3.05, 3.63) is 33.7 Å². The molecule has 3 heterocycles. The van der Waals surface area contributed by atoms with Crippen LogP contribution in [0.15, 0.2) is 28.8 Å². The van der Waals surface area contributed by atoms with Gasteiger partial charge in [-0.25, -0.2) is 9.59 Å². The third kappa shape index (κ3) is 4.26. The van der Waals surface area contributed by atoms with Gasteiger partial charge in [-0.05, 0) is 11.4 Å². The zero-order valence-corrected chi connectivity index (χ0v) is 17.2. The summed E-state index contributed by atoms with van der Waals surface area (Å²) in [5, 5.41) is 15.5. The quantitative estimate of drug-likeness (QED) is 0.323. The fraction of sp³-hybridized carbons (Fsp3) is 0.353. The Kier molecular flexibility index (Phi) is 6.31. The van der Waals surface area contributed by atoms with Gasteiger partial charge in [-0.1, -0.05) is 6.07 Å². The molecule has 11 nitrogen and oxygen atoms in total. The van der Waals surface area contributed by atoms with Gasteiger partial charge in [0.2, 0.25) is 5.91 Å². The minimum absolute atomic E-state index is 0.212. The van der Waals surface area contributed by atoms with Crippen molar-refractivity contribution in [2.24, 2.45) is 5.73 Å². The fourth-order valence-electron chi connectivity index (χ4n) is 3.08. The van der Waals surface area contributed by atoms with E-state index in [4.69, 9.17) is 10.5 Å². The number of fused-ring (bicyclic) bond motifs is 1. The van der Waals surface area contributed by atoms with Crippen LogP contribution in [0.2, 0.25) is 0 Å². The zero-order chi connectivity index (χ0) is 22.0. The molecule has 0 bridgehead atoms. The highest BCUT2D eigenvalue weighted by Gasteiger charge is 2.54. The molecule has 0 saturated carbocycles. The summed E-state index contributed by atoms with van der Waals surface area (Å²) in [6.07, 6.45) is 0. The van der Waals surface area contributed by atoms with E-state index in [0.717, 1.165) is 4.90 Å². The van der Waals surface area contributed by atoms with Gasteiger partial charge in [-0.15, -0.1) is 23.1 Å². The van der Waals surface area contributed by atoms with Gasteiger partial charge in [0.05, 0.1) is 0 Å². The number of rotatable bonds is 7. The second-order valence-electron chi connectivity index (χ2n) is 6.39. The number of hydrogen-bond donors (Lipinski definition) is 4. The first kappa shape index (κ1) is 21.6. The molecule has 160 valence electrons. The van der Waals surface area contributed by atoms with Crippen LogP contribution in [0.1, 0.15) is 17.8 Å². The highest BCUT2D eigenvalue weighted by atomic mass is 32.2. The second-order valence-corrected chi connectivity index (χ2v) is 8.47. The molecule has 0 radical (unpaired) electrons. The highest BCUT2D eigenvalue weighted by Crippen LogP contribution is 2.40. The van der Waals surface area contributed by atoms with Crippen LogP contribution in [0, 0.1) is 0 Å². The number of primary amides is 1. The van der Waals surface area contributed by atoms with Gasteiger partial charge in [0.15, 0.2) is 0 Å². The van der Waals surface area contributed by atoms with Crippen molar-refractivity contribution in [2.75, 3.05) is 12.4 Å². The zero-order valence-electron chi connectivity index (χ0n) is 15.6. The van der Waals surface area contributed by atoms with Gasteiger partial charge in [0.1, 0.15) is 29.8 Å². The third-order valence-corrected chi connectivity index (χ3v) is 6.65. The number of carbonyl (C=O) groups is 5. The van der Waals surface area contributed by atoms with E-state index >= 15 is 0 Å². The van der Waals surface area contributed by atoms with E-state index < -0.39 is 47.2 Å². The normalized spacial score (nSPS) is 21.2. The number of carboxylic acid groups (broad SMARTS) is 1. The Morgan fingerprint density at radius 1 is 1.40 bits per heavy atom. The first-order valence-corrected chi connectivity index (χ1v) is 10.6. The van der Waals surface area contributed by atoms with Crippen LogP contribution in [0.5, 0.6) is 0 Å². The molecule has 0 aromatic carbocycles. The number of carboxylic acids is 1. The van der Waals surface area contributed by atoms with Crippen LogP contribution in [-0.4, -0.2) is 63.6 Å². The number of thioether (sulfide) groups is 1. The molecule has 1 aromatic heterocycles. The minimum Gasteiger partial charge on any atom is -0.477 e. The van der Waals surface area contributed by atoms with Crippen LogP contribution in [0.25, 0.3) is 0 Å². The molecule has 1 saturated heterocycles. The molecule has 0 aliphatic carbocycles. The number of carbonyl (C=O) groups excluding carboxylic acids is 4. The molecule has 3 atom stereocenters. The molecule has 30 heavy (non-hydrogen) atoms. The monoisotopic (exact) mass is 454 g/mol. The van der Waals surface area contributed by atoms with E-state index in [2.05, 4.69) is 10.6 Å². The van der Waals surface area contributed by atoms with Gasteiger partial charge < -0.3 is 26.2 Å². The van der Waals surface area contributed by atoms with Crippen molar-refractivity contribution in [3.63, 3.8) is 0 Å². The van der Waals surface area contributed by atoms with Crippen LogP contribution in [0.3, 0.4) is 0 Å². The topological polar surface area (TPSA) is 168 Å². The Hall–Kier alpha value is -3.06. The van der Waals surface area contributed by atoms with Crippen LogP contribution < -0.4 is 16.4 Å². The number of thiophene rings is 1. The van der Waals surface area contributed by atoms with Crippen LogP contribution in [-0.2, 0) is 23.9 Å². The van der Waals surface area contributed by atoms with Crippen molar-refractivity contribution in [1.82, 2.24) is 15.5 Å². The largest absolute Gasteiger partial charge is 0.477 e. The molecule has 0 spiro atoms. The molecule has 1 unspecified atom stereocenters. The predicted molar refractivity (Wildman–Crippen MR) is 106 cm³/mol. The number of aliphatic carboxylic acids is 1. The number of nitrogens with one attached hydrogen (secondary N) is 2. The van der Waals surface area contributed by atoms with Crippen molar-refractivity contribution in [3.8, 4) is 0 Å². The summed E-state index contributed by atoms with van der Waals surface area (Å²) in [5.41, 5.74) is 5.20. The number of hydrogen-bond acceptors (Lipinski definition) is 8. The Balaban J connectivity index is 1.75. The van der Waals surface area contributed by atoms with Crippen molar-refractivity contribution in [2.45, 2.75) is 24.4 Å². The summed E-state index contributed by atoms with van der Waals surface area (Å²) in [6.45, 7) is 0.963. The second kappa shape index (κ2) is 8.75. The molecule has 2 aliphatic heterocycles. The van der Waals surface area contributed by atoms with Crippen molar-refractivity contribution < 1.29 is 33.8 Å². The SMILES string of the molecule is CC(=O)OCC1=C(C(=O)O)N2C(=O)[C@@H](NC(=O)C(NC(N)=O)c3cccs3)[C@H]2SC1. The summed E-state index contributed by atoms with van der Waals surface area (Å²) in [6, 6.07) is 0.395. The summed E-state index contributed by atoms with van der Waals surface area (Å²) in [5.74, 6) is -2.93. The number of urea groups is 1. The molecule has 2 aliphatic rings. The van der Waals surface area contributed by atoms with Crippen LogP contribution in [0.4, 0.5) is 4.79 Å². The lowest BCUT2D eigenvalue weighted by Crippen LogP contribution is -2.71. The Bertz CT molecular complexity index is 931. The minimum atomic E-state index is -1.33. The van der Waals surface area contributed by atoms with E-state index in [1.165, 1.54) is 30.0 Å². The fourth-order valence-corrected chi connectivity index (χ4v) is 5.18. The molecule has 1 fully saturated rings. The first-order valence-electron chi connectivity index (χ1n) is 8.63. The number of ether oxygens (including phenoxy) is 1. The Labute approximate surface area is 178 Å². The van der Waals surface area contributed by atoms with E-state index in [1.54, 1.807) is 17.5 Å². The first-order chi connectivity index (χ1) is 14.2. The summed E-state index contributed by atoms with van der Waals surface area (Å²) < 4.78 is 4.87. The average Bonchev–Trinajstić information content (AvgIpc) is 3.21. The maximum Gasteiger partial charge on any atom is 0.352 e. The van der Waals surface area contributed by atoms with E-state index in [9.17, 15) is 29.1 Å². The summed E-state index contributed by atoms with van der Waals surface area (Å²) >= 11 is 2.47. The number of amides is 4. The highest BCUT2D eigenvalue weighted by molar-refractivity contribution is 8.00. The lowest BCUT2D eigenvalue weighted by Gasteiger charge is -2.49. The molecule has 3 rings (SSSR count). The lowest BCUT2D eigenvalue weighted by molar-refractivity contribution is -0.151. The van der Waals surface area contributed by atoms with Crippen LogP contribution >= 0.6 is 23.1 Å². The number of esters is 1. The maximum atomic E-state index is 12.7. The standard InChI is InChI=1S/C17H18N4O7S2/c1-7(22)28-5-8-6-30-15-11(14(24)21(15)12(8)16(25)26)19-13(23)10(20-17(18)27)9-3-2-4-29-9/h2-4,10-11,15H,5-6H2,1H3,(H,19,23)(H,25,26)(H3,18,20,27)/t10?,11-,15-/m1/s1. The van der Waals surface area contributed by atoms with Gasteiger partial charge in [0.25, 0.3) is 5.91 Å².